The Hall–Kier alpha value is 0.0500. The molecule has 0 atom stereocenters. The monoisotopic (exact) mass is 296 g/mol. The molecule has 0 radical (unpaired) electrons. The molecule has 1 aromatic heterocycles. The molecule has 1 saturated heterocycles. The van der Waals surface area contributed by atoms with Crippen molar-refractivity contribution in [2.75, 3.05) is 13.1 Å². The fourth-order valence-electron chi connectivity index (χ4n) is 1.23. The number of sulfonamides is 1. The summed E-state index contributed by atoms with van der Waals surface area (Å²) in [6, 6.07) is 3.33. The van der Waals surface area contributed by atoms with Gasteiger partial charge in [-0.25, -0.2) is 8.42 Å². The van der Waals surface area contributed by atoms with E-state index in [1.807, 2.05) is 0 Å². The highest BCUT2D eigenvalue weighted by Crippen LogP contribution is 2.30. The van der Waals surface area contributed by atoms with Crippen LogP contribution in [0.25, 0.3) is 0 Å². The summed E-state index contributed by atoms with van der Waals surface area (Å²) in [5, 5.41) is 0. The molecule has 2 N–H and O–H groups in total. The lowest BCUT2D eigenvalue weighted by atomic mass is 10.2. The first-order chi connectivity index (χ1) is 6.50. The number of thiophene rings is 1. The van der Waals surface area contributed by atoms with Gasteiger partial charge in [0.15, 0.2) is 0 Å². The first-order valence-corrected chi connectivity index (χ1v) is 7.06. The molecule has 2 heterocycles. The first-order valence-electron chi connectivity index (χ1n) is 4.01. The summed E-state index contributed by atoms with van der Waals surface area (Å²) in [7, 11) is -3.27. The third-order valence-electron chi connectivity index (χ3n) is 2.02. The smallest absolute Gasteiger partial charge is 0.252 e. The van der Waals surface area contributed by atoms with Gasteiger partial charge in [0.25, 0.3) is 10.0 Å². The van der Waals surface area contributed by atoms with E-state index in [4.69, 9.17) is 5.73 Å². The third-order valence-corrected chi connectivity index (χ3v) is 5.94. The zero-order valence-electron chi connectivity index (χ0n) is 7.18. The number of nitrogens with two attached hydrogens (primary N) is 1. The molecule has 1 aliphatic rings. The van der Waals surface area contributed by atoms with Gasteiger partial charge in [-0.2, -0.15) is 4.31 Å². The van der Waals surface area contributed by atoms with Crippen LogP contribution in [0.1, 0.15) is 0 Å². The predicted octanol–water partition coefficient (Wildman–Crippen LogP) is 0.842. The van der Waals surface area contributed by atoms with E-state index in [1.165, 1.54) is 15.6 Å². The first kappa shape index (κ1) is 10.6. The second kappa shape index (κ2) is 3.57. The maximum absolute atomic E-state index is 11.8. The molecule has 0 aliphatic carbocycles. The molecule has 14 heavy (non-hydrogen) atoms. The van der Waals surface area contributed by atoms with E-state index in [9.17, 15) is 8.42 Å². The summed E-state index contributed by atoms with van der Waals surface area (Å²) in [4.78, 5) is 0. The molecular formula is C7H9BrN2O2S2. The highest BCUT2D eigenvalue weighted by atomic mass is 79.9. The van der Waals surface area contributed by atoms with Crippen LogP contribution in [0, 0.1) is 0 Å². The number of rotatable bonds is 2. The molecule has 0 bridgehead atoms. The molecular weight excluding hydrogens is 288 g/mol. The third kappa shape index (κ3) is 1.74. The molecule has 0 spiro atoms. The van der Waals surface area contributed by atoms with Gasteiger partial charge in [-0.3, -0.25) is 0 Å². The summed E-state index contributed by atoms with van der Waals surface area (Å²) in [5.41, 5.74) is 5.54. The van der Waals surface area contributed by atoms with E-state index in [-0.39, 0.29) is 6.04 Å². The molecule has 78 valence electrons. The van der Waals surface area contributed by atoms with Crippen LogP contribution in [0.2, 0.25) is 0 Å². The van der Waals surface area contributed by atoms with Crippen molar-refractivity contribution in [2.45, 2.75) is 10.3 Å². The van der Waals surface area contributed by atoms with Gasteiger partial charge in [0.05, 0.1) is 3.79 Å². The fraction of sp³-hybridized carbons (Fsp3) is 0.429. The van der Waals surface area contributed by atoms with E-state index in [1.54, 1.807) is 12.1 Å². The second-order valence-electron chi connectivity index (χ2n) is 3.14. The average Bonchev–Trinajstić information content (AvgIpc) is 2.46. The van der Waals surface area contributed by atoms with Gasteiger partial charge in [-0.15, -0.1) is 11.3 Å². The molecule has 2 rings (SSSR count). The molecule has 7 heteroatoms. The Kier molecular flexibility index (Phi) is 2.69. The topological polar surface area (TPSA) is 63.4 Å². The van der Waals surface area contributed by atoms with E-state index < -0.39 is 10.0 Å². The number of nitrogens with zero attached hydrogens (tertiary/aromatic N) is 1. The van der Waals surface area contributed by atoms with E-state index in [2.05, 4.69) is 15.9 Å². The number of halogens is 1. The van der Waals surface area contributed by atoms with Gasteiger partial charge < -0.3 is 5.73 Å². The van der Waals surface area contributed by atoms with Gasteiger partial charge in [-0.1, -0.05) is 0 Å². The van der Waals surface area contributed by atoms with Crippen molar-refractivity contribution >= 4 is 37.3 Å². The molecule has 0 amide bonds. The van der Waals surface area contributed by atoms with Gasteiger partial charge in [-0.05, 0) is 28.1 Å². The molecule has 4 nitrogen and oxygen atoms in total. The number of hydrogen-bond acceptors (Lipinski definition) is 4. The zero-order valence-corrected chi connectivity index (χ0v) is 10.4. The molecule has 1 aromatic rings. The Morgan fingerprint density at radius 3 is 2.57 bits per heavy atom. The Morgan fingerprint density at radius 2 is 2.14 bits per heavy atom. The molecule has 0 aromatic carbocycles. The standard InChI is InChI=1S/C7H9BrN2O2S2/c8-6-1-2-7(13-6)14(11,12)10-3-5(9)4-10/h1-2,5H,3-4,9H2. The maximum atomic E-state index is 11.8. The zero-order chi connectivity index (χ0) is 10.3. The van der Waals surface area contributed by atoms with Crippen molar-refractivity contribution in [3.63, 3.8) is 0 Å². The van der Waals surface area contributed by atoms with Gasteiger partial charge in [0.2, 0.25) is 0 Å². The van der Waals surface area contributed by atoms with Gasteiger partial charge >= 0.3 is 0 Å². The Bertz CT molecular complexity index is 436. The lowest BCUT2D eigenvalue weighted by Crippen LogP contribution is -2.57. The Morgan fingerprint density at radius 1 is 1.50 bits per heavy atom. The number of hydrogen-bond donors (Lipinski definition) is 1. The average molecular weight is 297 g/mol. The van der Waals surface area contributed by atoms with Crippen LogP contribution in [0.3, 0.4) is 0 Å². The van der Waals surface area contributed by atoms with Crippen LogP contribution in [-0.2, 0) is 10.0 Å². The quantitative estimate of drug-likeness (QED) is 0.880. The maximum Gasteiger partial charge on any atom is 0.252 e. The highest BCUT2D eigenvalue weighted by molar-refractivity contribution is 9.11. The summed E-state index contributed by atoms with van der Waals surface area (Å²) >= 11 is 4.46. The molecule has 1 fully saturated rings. The normalized spacial score (nSPS) is 19.6. The summed E-state index contributed by atoms with van der Waals surface area (Å²) in [6.07, 6.45) is 0. The van der Waals surface area contributed by atoms with E-state index >= 15 is 0 Å². The van der Waals surface area contributed by atoms with Crippen molar-refractivity contribution in [3.8, 4) is 0 Å². The largest absolute Gasteiger partial charge is 0.325 e. The van der Waals surface area contributed by atoms with Gasteiger partial charge in [0.1, 0.15) is 4.21 Å². The van der Waals surface area contributed by atoms with Crippen molar-refractivity contribution in [1.29, 1.82) is 0 Å². The SMILES string of the molecule is NC1CN(S(=O)(=O)c2ccc(Br)s2)C1. The second-order valence-corrected chi connectivity index (χ2v) is 7.77. The van der Waals surface area contributed by atoms with Crippen molar-refractivity contribution < 1.29 is 8.42 Å². The van der Waals surface area contributed by atoms with Crippen LogP contribution in [-0.4, -0.2) is 31.9 Å². The van der Waals surface area contributed by atoms with Gasteiger partial charge in [0, 0.05) is 19.1 Å². The van der Waals surface area contributed by atoms with Crippen LogP contribution < -0.4 is 5.73 Å². The highest BCUT2D eigenvalue weighted by Gasteiger charge is 2.35. The predicted molar refractivity (Wildman–Crippen MR) is 58.8 cm³/mol. The van der Waals surface area contributed by atoms with Crippen molar-refractivity contribution in [1.82, 2.24) is 4.31 Å². The lowest BCUT2D eigenvalue weighted by molar-refractivity contribution is 0.266. The van der Waals surface area contributed by atoms with Crippen LogP contribution in [0.15, 0.2) is 20.1 Å². The minimum Gasteiger partial charge on any atom is -0.325 e. The lowest BCUT2D eigenvalue weighted by Gasteiger charge is -2.34. The van der Waals surface area contributed by atoms with Crippen LogP contribution in [0.5, 0.6) is 0 Å². The van der Waals surface area contributed by atoms with Crippen molar-refractivity contribution in [3.05, 3.63) is 15.9 Å². The Balaban J connectivity index is 2.25. The molecule has 0 unspecified atom stereocenters. The fourth-order valence-corrected chi connectivity index (χ4v) is 4.95. The van der Waals surface area contributed by atoms with Crippen LogP contribution in [0.4, 0.5) is 0 Å². The van der Waals surface area contributed by atoms with E-state index in [0.29, 0.717) is 17.3 Å². The molecule has 1 aliphatic heterocycles. The van der Waals surface area contributed by atoms with Crippen molar-refractivity contribution in [2.24, 2.45) is 5.73 Å². The minimum atomic E-state index is -3.27. The van der Waals surface area contributed by atoms with E-state index in [0.717, 1.165) is 3.79 Å². The summed E-state index contributed by atoms with van der Waals surface area (Å²) < 4.78 is 26.3. The summed E-state index contributed by atoms with van der Waals surface area (Å²) in [6.45, 7) is 0.857. The summed E-state index contributed by atoms with van der Waals surface area (Å²) in [5.74, 6) is 0. The Labute approximate surface area is 94.9 Å². The van der Waals surface area contributed by atoms with Crippen LogP contribution >= 0.6 is 27.3 Å². The molecule has 0 saturated carbocycles. The minimum absolute atomic E-state index is 0.00632.